The summed E-state index contributed by atoms with van der Waals surface area (Å²) in [7, 11) is 1.64. The standard InChI is InChI=1S/C27H34N8O7/c1-33-17(36)7-8-18(33)41-27(40)34-11-9-14(10-12-34)3-2-4-16-31-23(28)19-24(32-16)35(13-29-19)26-21(38)20(37)22(42-26)25(39)30-15-5-6-15/h13-15,18,20-22,26,37-38H,3,5-12H2,1H3,(H,30,39)(H2,28,31,32). The fraction of sp³-hybridized carbons (Fsp3) is 0.630. The smallest absolute Gasteiger partial charge is 0.411 e. The molecule has 0 bridgehead atoms. The van der Waals surface area contributed by atoms with Crippen molar-refractivity contribution in [2.45, 2.75) is 81.8 Å². The molecule has 3 aliphatic heterocycles. The molecular formula is C27H34N8O7. The summed E-state index contributed by atoms with van der Waals surface area (Å²) in [6.07, 6.45) is 0.0390. The number of fused-ring (bicyclic) bond motifs is 1. The van der Waals surface area contributed by atoms with Crippen LogP contribution in [0.3, 0.4) is 0 Å². The number of nitrogens with zero attached hydrogens (tertiary/aromatic N) is 6. The third-order valence-corrected chi connectivity index (χ3v) is 8.27. The van der Waals surface area contributed by atoms with Gasteiger partial charge in [-0.15, -0.1) is 0 Å². The number of rotatable bonds is 5. The lowest BCUT2D eigenvalue weighted by atomic mass is 9.94. The number of amides is 3. The Morgan fingerprint density at radius 1 is 1.17 bits per heavy atom. The molecule has 224 valence electrons. The molecule has 0 aromatic carbocycles. The molecule has 5 N–H and O–H groups in total. The first-order valence-electron chi connectivity index (χ1n) is 14.2. The highest BCUT2D eigenvalue weighted by molar-refractivity contribution is 5.83. The summed E-state index contributed by atoms with van der Waals surface area (Å²) < 4.78 is 12.7. The van der Waals surface area contributed by atoms with Crippen LogP contribution in [-0.2, 0) is 19.1 Å². The third-order valence-electron chi connectivity index (χ3n) is 8.27. The zero-order valence-electron chi connectivity index (χ0n) is 23.2. The number of likely N-dealkylation sites (tertiary alicyclic amines) is 2. The maximum absolute atomic E-state index is 12.5. The van der Waals surface area contributed by atoms with Crippen molar-refractivity contribution in [1.82, 2.24) is 34.6 Å². The molecule has 5 unspecified atom stereocenters. The van der Waals surface area contributed by atoms with E-state index in [0.29, 0.717) is 32.4 Å². The zero-order valence-corrected chi connectivity index (χ0v) is 23.2. The van der Waals surface area contributed by atoms with Crippen LogP contribution >= 0.6 is 0 Å². The van der Waals surface area contributed by atoms with Gasteiger partial charge in [-0.25, -0.2) is 19.7 Å². The van der Waals surface area contributed by atoms with E-state index in [2.05, 4.69) is 32.1 Å². The molecule has 15 heteroatoms. The molecule has 5 heterocycles. The van der Waals surface area contributed by atoms with Crippen LogP contribution in [0.4, 0.5) is 10.6 Å². The van der Waals surface area contributed by atoms with Gasteiger partial charge in [0.2, 0.25) is 11.7 Å². The molecule has 5 atom stereocenters. The highest BCUT2D eigenvalue weighted by atomic mass is 16.6. The minimum Gasteiger partial charge on any atom is -0.425 e. The van der Waals surface area contributed by atoms with Crippen molar-refractivity contribution >= 4 is 34.9 Å². The van der Waals surface area contributed by atoms with E-state index < -0.39 is 42.8 Å². The van der Waals surface area contributed by atoms with E-state index in [1.54, 1.807) is 11.9 Å². The topological polar surface area (TPSA) is 198 Å². The van der Waals surface area contributed by atoms with Crippen molar-refractivity contribution in [2.24, 2.45) is 5.92 Å². The Morgan fingerprint density at radius 3 is 2.62 bits per heavy atom. The van der Waals surface area contributed by atoms with Crippen LogP contribution in [-0.4, -0.2) is 108 Å². The number of ether oxygens (including phenoxy) is 2. The quantitative estimate of drug-likeness (QED) is 0.331. The van der Waals surface area contributed by atoms with Crippen LogP contribution in [0.5, 0.6) is 0 Å². The van der Waals surface area contributed by atoms with E-state index in [1.165, 1.54) is 15.8 Å². The summed E-state index contributed by atoms with van der Waals surface area (Å²) in [5, 5.41) is 23.9. The van der Waals surface area contributed by atoms with Crippen molar-refractivity contribution in [2.75, 3.05) is 25.9 Å². The highest BCUT2D eigenvalue weighted by Gasteiger charge is 2.48. The molecule has 3 amide bonds. The summed E-state index contributed by atoms with van der Waals surface area (Å²) in [4.78, 5) is 52.8. The number of aliphatic hydroxyl groups excluding tert-OH is 2. The van der Waals surface area contributed by atoms with Crippen molar-refractivity contribution < 1.29 is 34.1 Å². The summed E-state index contributed by atoms with van der Waals surface area (Å²) in [5.74, 6) is 6.08. The van der Waals surface area contributed by atoms with Gasteiger partial charge in [0.15, 0.2) is 30.0 Å². The first-order valence-corrected chi connectivity index (χ1v) is 14.2. The monoisotopic (exact) mass is 582 g/mol. The molecule has 0 radical (unpaired) electrons. The second-order valence-corrected chi connectivity index (χ2v) is 11.3. The molecule has 42 heavy (non-hydrogen) atoms. The van der Waals surface area contributed by atoms with Gasteiger partial charge in [-0.3, -0.25) is 14.2 Å². The van der Waals surface area contributed by atoms with Crippen molar-refractivity contribution in [3.05, 3.63) is 12.2 Å². The number of carbonyl (C=O) groups excluding carboxylic acids is 3. The summed E-state index contributed by atoms with van der Waals surface area (Å²) in [5.41, 5.74) is 6.66. The van der Waals surface area contributed by atoms with Gasteiger partial charge in [0.05, 0.1) is 6.33 Å². The lowest BCUT2D eigenvalue weighted by molar-refractivity contribution is -0.137. The first-order chi connectivity index (χ1) is 20.2. The minimum absolute atomic E-state index is 0.0236. The Labute approximate surface area is 241 Å². The van der Waals surface area contributed by atoms with E-state index in [9.17, 15) is 24.6 Å². The largest absolute Gasteiger partial charge is 0.425 e. The Kier molecular flexibility index (Phi) is 7.60. The van der Waals surface area contributed by atoms with Gasteiger partial charge in [-0.1, -0.05) is 5.92 Å². The number of carbonyl (C=O) groups is 3. The molecule has 4 fully saturated rings. The average Bonchev–Trinajstić information content (AvgIpc) is 3.50. The van der Waals surface area contributed by atoms with Crippen LogP contribution in [0.15, 0.2) is 6.33 Å². The van der Waals surface area contributed by atoms with Crippen LogP contribution < -0.4 is 11.1 Å². The molecular weight excluding hydrogens is 548 g/mol. The maximum atomic E-state index is 12.5. The Bertz CT molecular complexity index is 1440. The molecule has 2 aromatic rings. The molecule has 4 aliphatic rings. The lowest BCUT2D eigenvalue weighted by Gasteiger charge is -2.32. The Hall–Kier alpha value is -4.00. The normalized spacial score (nSPS) is 28.2. The molecule has 15 nitrogen and oxygen atoms in total. The average molecular weight is 583 g/mol. The van der Waals surface area contributed by atoms with Crippen LogP contribution in [0.25, 0.3) is 11.2 Å². The van der Waals surface area contributed by atoms with E-state index in [1.807, 2.05) is 0 Å². The molecule has 1 aliphatic carbocycles. The predicted octanol–water partition coefficient (Wildman–Crippen LogP) is -0.525. The fourth-order valence-electron chi connectivity index (χ4n) is 5.50. The maximum Gasteiger partial charge on any atom is 0.411 e. The lowest BCUT2D eigenvalue weighted by Crippen LogP contribution is -2.43. The van der Waals surface area contributed by atoms with Crippen LogP contribution in [0.2, 0.25) is 0 Å². The van der Waals surface area contributed by atoms with E-state index >= 15 is 0 Å². The van der Waals surface area contributed by atoms with Crippen molar-refractivity contribution in [3.63, 3.8) is 0 Å². The van der Waals surface area contributed by atoms with E-state index in [4.69, 9.17) is 15.2 Å². The number of imidazole rings is 1. The van der Waals surface area contributed by atoms with Crippen LogP contribution in [0.1, 0.15) is 57.0 Å². The van der Waals surface area contributed by atoms with E-state index in [0.717, 1.165) is 25.7 Å². The van der Waals surface area contributed by atoms with E-state index in [-0.39, 0.29) is 40.7 Å². The van der Waals surface area contributed by atoms with Gasteiger partial charge in [-0.2, -0.15) is 0 Å². The number of aromatic nitrogens is 4. The third kappa shape index (κ3) is 5.57. The number of nitrogen functional groups attached to an aromatic ring is 1. The predicted molar refractivity (Wildman–Crippen MR) is 145 cm³/mol. The zero-order chi connectivity index (χ0) is 29.5. The molecule has 2 aromatic heterocycles. The number of anilines is 1. The number of nitrogens with two attached hydrogens (primary N) is 1. The number of hydrogen-bond donors (Lipinski definition) is 4. The minimum atomic E-state index is -1.42. The van der Waals surface area contributed by atoms with Crippen LogP contribution in [0, 0.1) is 17.8 Å². The van der Waals surface area contributed by atoms with Gasteiger partial charge in [-0.05, 0) is 37.5 Å². The summed E-state index contributed by atoms with van der Waals surface area (Å²) >= 11 is 0. The Balaban J connectivity index is 1.07. The fourth-order valence-corrected chi connectivity index (χ4v) is 5.50. The molecule has 0 spiro atoms. The summed E-state index contributed by atoms with van der Waals surface area (Å²) in [6, 6.07) is 0.0771. The number of hydrogen-bond acceptors (Lipinski definition) is 11. The number of piperidine rings is 1. The van der Waals surface area contributed by atoms with Gasteiger partial charge in [0.25, 0.3) is 5.91 Å². The van der Waals surface area contributed by atoms with Crippen molar-refractivity contribution in [1.29, 1.82) is 0 Å². The van der Waals surface area contributed by atoms with Gasteiger partial charge >= 0.3 is 6.09 Å². The van der Waals surface area contributed by atoms with Gasteiger partial charge in [0, 0.05) is 45.4 Å². The van der Waals surface area contributed by atoms with Crippen molar-refractivity contribution in [3.8, 4) is 11.8 Å². The molecule has 3 saturated heterocycles. The molecule has 1 saturated carbocycles. The SMILES string of the molecule is CN1C(=O)CCC1OC(=O)N1CCC(CC#Cc2nc(N)c3ncn(C4OC(C(=O)NC5CC5)C(O)C4O)c3n2)CC1. The Morgan fingerprint density at radius 2 is 1.93 bits per heavy atom. The highest BCUT2D eigenvalue weighted by Crippen LogP contribution is 2.33. The number of aliphatic hydroxyl groups is 2. The summed E-state index contributed by atoms with van der Waals surface area (Å²) in [6.45, 7) is 1.08. The van der Waals surface area contributed by atoms with Gasteiger partial charge < -0.3 is 40.5 Å². The first kappa shape index (κ1) is 28.1. The second-order valence-electron chi connectivity index (χ2n) is 11.3. The van der Waals surface area contributed by atoms with Gasteiger partial charge in [0.1, 0.15) is 17.7 Å². The molecule has 6 rings (SSSR count). The number of nitrogens with one attached hydrogen (secondary N) is 1. The second kappa shape index (κ2) is 11.3.